The van der Waals surface area contributed by atoms with Gasteiger partial charge in [-0.2, -0.15) is 4.74 Å². The van der Waals surface area contributed by atoms with Crippen molar-refractivity contribution in [2.75, 3.05) is 6.67 Å². The highest BCUT2D eigenvalue weighted by atomic mass is 79.9. The average Bonchev–Trinajstić information content (AvgIpc) is 1.85. The van der Waals surface area contributed by atoms with Gasteiger partial charge in [0.15, 0.2) is 22.4 Å². The van der Waals surface area contributed by atoms with Gasteiger partial charge in [-0.1, -0.05) is 0 Å². The highest BCUT2D eigenvalue weighted by Crippen LogP contribution is 2.12. The van der Waals surface area contributed by atoms with Crippen molar-refractivity contribution in [3.05, 3.63) is 27.2 Å². The molecular weight excluding hydrogens is 218 g/mol. The van der Waals surface area contributed by atoms with Gasteiger partial charge in [-0.3, -0.25) is 0 Å². The summed E-state index contributed by atoms with van der Waals surface area (Å²) >= 11 is 2.86. The molecule has 0 saturated heterocycles. The number of halogens is 1. The molecule has 0 spiro atoms. The molecule has 0 fully saturated rings. The summed E-state index contributed by atoms with van der Waals surface area (Å²) in [5.41, 5.74) is 0. The molecular formula is C4H4BrN3O3. The third-order valence-corrected chi connectivity index (χ3v) is 1.68. The highest BCUT2D eigenvalue weighted by molar-refractivity contribution is 9.07. The van der Waals surface area contributed by atoms with Gasteiger partial charge in [0.2, 0.25) is 0 Å². The number of rotatable bonds is 1. The Morgan fingerprint density at radius 1 is 1.82 bits per heavy atom. The first-order valence-electron chi connectivity index (χ1n) is 2.68. The van der Waals surface area contributed by atoms with Crippen LogP contribution in [0.2, 0.25) is 0 Å². The molecule has 0 bridgehead atoms. The summed E-state index contributed by atoms with van der Waals surface area (Å²) in [6, 6.07) is 0. The second-order valence-corrected chi connectivity index (χ2v) is 2.71. The molecule has 0 radical (unpaired) electrons. The standard InChI is InChI=1S/C4H4BrN3O3/c5-7-3-6(9)2-1-4(7)8(10)11/h1-2H,3H2. The number of nitrogens with zero attached hydrogens (tertiary/aromatic N) is 3. The third-order valence-electron chi connectivity index (χ3n) is 1.09. The molecule has 0 aromatic heterocycles. The summed E-state index contributed by atoms with van der Waals surface area (Å²) in [6.45, 7) is -0.0766. The van der Waals surface area contributed by atoms with Crippen molar-refractivity contribution in [1.82, 2.24) is 3.93 Å². The highest BCUT2D eigenvalue weighted by Gasteiger charge is 2.24. The molecule has 6 nitrogen and oxygen atoms in total. The van der Waals surface area contributed by atoms with Crippen molar-refractivity contribution in [3.8, 4) is 0 Å². The molecule has 0 atom stereocenters. The summed E-state index contributed by atoms with van der Waals surface area (Å²) < 4.78 is 1.65. The van der Waals surface area contributed by atoms with Gasteiger partial charge in [0.25, 0.3) is 0 Å². The van der Waals surface area contributed by atoms with Crippen LogP contribution in [0.25, 0.3) is 0 Å². The van der Waals surface area contributed by atoms with E-state index in [0.717, 1.165) is 16.2 Å². The maximum Gasteiger partial charge on any atom is 0.340 e. The van der Waals surface area contributed by atoms with Crippen LogP contribution in [-0.4, -0.2) is 26.5 Å². The molecule has 0 N–H and O–H groups in total. The maximum absolute atomic E-state index is 10.6. The van der Waals surface area contributed by atoms with E-state index in [9.17, 15) is 15.3 Å². The Hall–Kier alpha value is -1.11. The van der Waals surface area contributed by atoms with Crippen LogP contribution >= 0.6 is 16.1 Å². The van der Waals surface area contributed by atoms with Crippen LogP contribution < -0.4 is 0 Å². The first kappa shape index (κ1) is 7.99. The molecule has 60 valence electrons. The Labute approximate surface area is 70.5 Å². The quantitative estimate of drug-likeness (QED) is 0.210. The third kappa shape index (κ3) is 1.67. The predicted molar refractivity (Wildman–Crippen MR) is 40.4 cm³/mol. The van der Waals surface area contributed by atoms with E-state index >= 15 is 0 Å². The fraction of sp³-hybridized carbons (Fsp3) is 0.250. The molecule has 0 aromatic rings. The lowest BCUT2D eigenvalue weighted by molar-refractivity contribution is -0.499. The predicted octanol–water partition coefficient (Wildman–Crippen LogP) is 0.269. The summed E-state index contributed by atoms with van der Waals surface area (Å²) in [7, 11) is 0. The van der Waals surface area contributed by atoms with Crippen LogP contribution in [0.3, 0.4) is 0 Å². The van der Waals surface area contributed by atoms with E-state index in [-0.39, 0.29) is 12.5 Å². The molecule has 7 heteroatoms. The monoisotopic (exact) mass is 221 g/mol. The minimum Gasteiger partial charge on any atom is -0.621 e. The fourth-order valence-electron chi connectivity index (χ4n) is 0.622. The zero-order valence-corrected chi connectivity index (χ0v) is 6.89. The number of hydroxylamine groups is 1. The molecule has 1 aliphatic rings. The number of hydrogen-bond acceptors (Lipinski definition) is 4. The van der Waals surface area contributed by atoms with E-state index in [0.29, 0.717) is 4.74 Å². The van der Waals surface area contributed by atoms with Gasteiger partial charge in [-0.15, -0.1) is 3.93 Å². The molecule has 11 heavy (non-hydrogen) atoms. The summed E-state index contributed by atoms with van der Waals surface area (Å²) in [5, 5.41) is 20.8. The van der Waals surface area contributed by atoms with Crippen LogP contribution in [0.5, 0.6) is 0 Å². The fourth-order valence-corrected chi connectivity index (χ4v) is 1.09. The Balaban J connectivity index is 2.87. The normalized spacial score (nSPS) is 17.4. The van der Waals surface area contributed by atoms with Gasteiger partial charge in [0.1, 0.15) is 0 Å². The van der Waals surface area contributed by atoms with E-state index in [1.54, 1.807) is 0 Å². The van der Waals surface area contributed by atoms with E-state index in [1.807, 2.05) is 0 Å². The van der Waals surface area contributed by atoms with E-state index in [4.69, 9.17) is 0 Å². The van der Waals surface area contributed by atoms with Crippen molar-refractivity contribution in [2.24, 2.45) is 0 Å². The second-order valence-electron chi connectivity index (χ2n) is 1.85. The van der Waals surface area contributed by atoms with E-state index in [1.165, 1.54) is 0 Å². The molecule has 0 aliphatic carbocycles. The van der Waals surface area contributed by atoms with Crippen molar-refractivity contribution < 1.29 is 9.66 Å². The van der Waals surface area contributed by atoms with Gasteiger partial charge in [-0.25, -0.2) is 0 Å². The topological polar surface area (TPSA) is 72.4 Å². The Kier molecular flexibility index (Phi) is 2.08. The zero-order valence-electron chi connectivity index (χ0n) is 5.31. The molecule has 0 amide bonds. The average molecular weight is 222 g/mol. The Morgan fingerprint density at radius 2 is 2.45 bits per heavy atom. The number of hydrogen-bond donors (Lipinski definition) is 0. The molecule has 1 heterocycles. The van der Waals surface area contributed by atoms with Crippen molar-refractivity contribution >= 4 is 22.4 Å². The Morgan fingerprint density at radius 3 is 2.91 bits per heavy atom. The lowest BCUT2D eigenvalue weighted by Crippen LogP contribution is -2.28. The van der Waals surface area contributed by atoms with Crippen molar-refractivity contribution in [2.45, 2.75) is 0 Å². The Bertz CT molecular complexity index is 249. The minimum absolute atomic E-state index is 0.0766. The van der Waals surface area contributed by atoms with Crippen molar-refractivity contribution in [1.29, 1.82) is 0 Å². The summed E-state index contributed by atoms with van der Waals surface area (Å²) in [4.78, 5) is 9.63. The smallest absolute Gasteiger partial charge is 0.340 e. The first-order valence-corrected chi connectivity index (χ1v) is 3.39. The SMILES string of the molecule is O=[N+]([O-])C1=CC=[N+]([O-])CN1Br. The van der Waals surface area contributed by atoms with Crippen LogP contribution in [0, 0.1) is 15.3 Å². The van der Waals surface area contributed by atoms with Gasteiger partial charge in [0, 0.05) is 0 Å². The van der Waals surface area contributed by atoms with Crippen LogP contribution in [-0.2, 0) is 0 Å². The molecule has 1 aliphatic heterocycles. The van der Waals surface area contributed by atoms with Crippen molar-refractivity contribution in [3.63, 3.8) is 0 Å². The molecule has 1 rings (SSSR count). The largest absolute Gasteiger partial charge is 0.621 e. The van der Waals surface area contributed by atoms with Crippen LogP contribution in [0.1, 0.15) is 0 Å². The number of allylic oxidation sites excluding steroid dienone is 1. The van der Waals surface area contributed by atoms with Crippen LogP contribution in [0.15, 0.2) is 11.9 Å². The van der Waals surface area contributed by atoms with Gasteiger partial charge < -0.3 is 15.3 Å². The van der Waals surface area contributed by atoms with Gasteiger partial charge in [0.05, 0.1) is 6.08 Å². The lowest BCUT2D eigenvalue weighted by Gasteiger charge is -2.12. The molecule has 0 saturated carbocycles. The minimum atomic E-state index is -0.571. The first-order chi connectivity index (χ1) is 5.11. The second kappa shape index (κ2) is 2.87. The summed E-state index contributed by atoms with van der Waals surface area (Å²) in [5.74, 6) is -0.142. The van der Waals surface area contributed by atoms with Crippen LogP contribution in [0.4, 0.5) is 0 Å². The van der Waals surface area contributed by atoms with E-state index < -0.39 is 4.92 Å². The van der Waals surface area contributed by atoms with E-state index in [2.05, 4.69) is 16.1 Å². The molecule has 0 aromatic carbocycles. The zero-order chi connectivity index (χ0) is 8.43. The maximum atomic E-state index is 10.6. The van der Waals surface area contributed by atoms with Gasteiger partial charge >= 0.3 is 12.5 Å². The number of nitro groups is 1. The lowest BCUT2D eigenvalue weighted by atomic mass is 10.5. The summed E-state index contributed by atoms with van der Waals surface area (Å²) in [6.07, 6.45) is 2.24. The molecule has 0 unspecified atom stereocenters. The van der Waals surface area contributed by atoms with Gasteiger partial charge in [-0.05, 0) is 4.92 Å².